The first-order chi connectivity index (χ1) is 11.0. The quantitative estimate of drug-likeness (QED) is 0.844. The van der Waals surface area contributed by atoms with Gasteiger partial charge in [0.2, 0.25) is 0 Å². The molecule has 0 saturated heterocycles. The van der Waals surface area contributed by atoms with Gasteiger partial charge in [0.1, 0.15) is 0 Å². The second kappa shape index (κ2) is 7.55. The lowest BCUT2D eigenvalue weighted by atomic mass is 9.96. The maximum absolute atomic E-state index is 11.5. The smallest absolute Gasteiger partial charge is 0.309 e. The van der Waals surface area contributed by atoms with Crippen LogP contribution in [0.25, 0.3) is 11.3 Å². The zero-order chi connectivity index (χ0) is 16.6. The molecule has 1 aromatic carbocycles. The third kappa shape index (κ3) is 3.58. The van der Waals surface area contributed by atoms with Crippen molar-refractivity contribution in [1.29, 1.82) is 0 Å². The fourth-order valence-corrected chi connectivity index (χ4v) is 3.44. The molecule has 1 N–H and O–H groups in total. The van der Waals surface area contributed by atoms with E-state index in [0.717, 1.165) is 35.5 Å². The van der Waals surface area contributed by atoms with Crippen LogP contribution in [0.15, 0.2) is 18.2 Å². The average Bonchev–Trinajstić information content (AvgIpc) is 2.84. The van der Waals surface area contributed by atoms with Crippen molar-refractivity contribution in [1.82, 2.24) is 15.1 Å². The van der Waals surface area contributed by atoms with Crippen molar-refractivity contribution in [2.45, 2.75) is 25.8 Å². The molecule has 0 bridgehead atoms. The van der Waals surface area contributed by atoms with Crippen LogP contribution in [-0.4, -0.2) is 29.4 Å². The zero-order valence-corrected chi connectivity index (χ0v) is 15.5. The Morgan fingerprint density at radius 1 is 1.46 bits per heavy atom. The minimum atomic E-state index is -0.275. The van der Waals surface area contributed by atoms with Crippen molar-refractivity contribution < 1.29 is 9.53 Å². The second-order valence-corrected chi connectivity index (χ2v) is 6.30. The molecule has 2 heterocycles. The minimum Gasteiger partial charge on any atom is -0.469 e. The molecule has 7 heteroatoms. The van der Waals surface area contributed by atoms with Crippen LogP contribution in [0.1, 0.15) is 29.8 Å². The number of halogens is 2. The molecule has 1 aromatic heterocycles. The Labute approximate surface area is 152 Å². The number of rotatable bonds is 3. The monoisotopic (exact) mass is 369 g/mol. The first-order valence-corrected chi connectivity index (χ1v) is 8.03. The molecule has 0 aliphatic carbocycles. The van der Waals surface area contributed by atoms with Gasteiger partial charge in [0.25, 0.3) is 0 Å². The number of nitrogens with zero attached hydrogens (tertiary/aromatic N) is 2. The Balaban J connectivity index is 0.00000208. The van der Waals surface area contributed by atoms with E-state index in [0.29, 0.717) is 5.02 Å². The van der Waals surface area contributed by atoms with E-state index in [1.807, 2.05) is 23.9 Å². The van der Waals surface area contributed by atoms with Gasteiger partial charge in [0, 0.05) is 29.2 Å². The Morgan fingerprint density at radius 3 is 2.92 bits per heavy atom. The van der Waals surface area contributed by atoms with Crippen LogP contribution in [0.3, 0.4) is 0 Å². The van der Waals surface area contributed by atoms with Gasteiger partial charge >= 0.3 is 5.97 Å². The van der Waals surface area contributed by atoms with E-state index in [1.54, 1.807) is 6.07 Å². The van der Waals surface area contributed by atoms with Crippen LogP contribution in [-0.2, 0) is 29.4 Å². The molecule has 1 aliphatic heterocycles. The fraction of sp³-hybridized carbons (Fsp3) is 0.412. The van der Waals surface area contributed by atoms with Crippen LogP contribution >= 0.6 is 24.0 Å². The minimum absolute atomic E-state index is 0. The van der Waals surface area contributed by atoms with Crippen molar-refractivity contribution in [2.75, 3.05) is 13.7 Å². The van der Waals surface area contributed by atoms with Crippen LogP contribution in [0.4, 0.5) is 0 Å². The van der Waals surface area contributed by atoms with Crippen LogP contribution in [0, 0.1) is 0 Å². The van der Waals surface area contributed by atoms with E-state index >= 15 is 0 Å². The maximum Gasteiger partial charge on any atom is 0.309 e. The number of methoxy groups -OCH3 is 1. The number of aromatic nitrogens is 2. The lowest BCUT2D eigenvalue weighted by Crippen LogP contribution is -2.27. The predicted molar refractivity (Wildman–Crippen MR) is 96.7 cm³/mol. The Hall–Kier alpha value is -1.56. The molecule has 1 unspecified atom stereocenters. The van der Waals surface area contributed by atoms with E-state index in [1.165, 1.54) is 12.7 Å². The van der Waals surface area contributed by atoms with E-state index in [2.05, 4.69) is 17.3 Å². The molecule has 0 amide bonds. The number of fused-ring (bicyclic) bond motifs is 1. The number of aryl methyl sites for hydroxylation is 1. The molecule has 0 fully saturated rings. The highest BCUT2D eigenvalue weighted by Crippen LogP contribution is 2.33. The van der Waals surface area contributed by atoms with Gasteiger partial charge in [0.15, 0.2) is 0 Å². The summed E-state index contributed by atoms with van der Waals surface area (Å²) in [7, 11) is 3.33. The number of esters is 1. The molecule has 5 nitrogen and oxygen atoms in total. The van der Waals surface area contributed by atoms with Gasteiger partial charge in [-0.25, -0.2) is 0 Å². The first kappa shape index (κ1) is 18.8. The largest absolute Gasteiger partial charge is 0.469 e. The summed E-state index contributed by atoms with van der Waals surface area (Å²) < 4.78 is 6.65. The van der Waals surface area contributed by atoms with Gasteiger partial charge < -0.3 is 10.1 Å². The summed E-state index contributed by atoms with van der Waals surface area (Å²) in [5, 5.41) is 8.70. The Morgan fingerprint density at radius 2 is 2.21 bits per heavy atom. The molecular weight excluding hydrogens is 349 g/mol. The first-order valence-electron chi connectivity index (χ1n) is 7.65. The molecule has 0 spiro atoms. The highest BCUT2D eigenvalue weighted by Gasteiger charge is 2.25. The topological polar surface area (TPSA) is 56.1 Å². The SMILES string of the molecule is COC(=O)Cc1cc(Cl)cc(-c2c3c(nn2C)C(C)NCC3)c1.Cl. The summed E-state index contributed by atoms with van der Waals surface area (Å²) in [6, 6.07) is 5.96. The van der Waals surface area contributed by atoms with Gasteiger partial charge in [-0.05, 0) is 43.7 Å². The summed E-state index contributed by atoms with van der Waals surface area (Å²) in [6.45, 7) is 3.05. The van der Waals surface area contributed by atoms with Gasteiger partial charge in [-0.15, -0.1) is 12.4 Å². The van der Waals surface area contributed by atoms with Gasteiger partial charge in [0.05, 0.1) is 24.9 Å². The number of ether oxygens (including phenoxy) is 1. The molecule has 1 atom stereocenters. The number of hydrogen-bond acceptors (Lipinski definition) is 4. The molecule has 130 valence electrons. The molecule has 1 aliphatic rings. The molecule has 2 aromatic rings. The molecule has 0 saturated carbocycles. The Bertz CT molecular complexity index is 759. The molecule has 24 heavy (non-hydrogen) atoms. The third-order valence-corrected chi connectivity index (χ3v) is 4.44. The second-order valence-electron chi connectivity index (χ2n) is 5.86. The summed E-state index contributed by atoms with van der Waals surface area (Å²) in [4.78, 5) is 11.5. The zero-order valence-electron chi connectivity index (χ0n) is 13.9. The third-order valence-electron chi connectivity index (χ3n) is 4.22. The lowest BCUT2D eigenvalue weighted by molar-refractivity contribution is -0.139. The van der Waals surface area contributed by atoms with Crippen molar-refractivity contribution in [3.8, 4) is 11.3 Å². The Kier molecular flexibility index (Phi) is 5.91. The molecule has 0 radical (unpaired) electrons. The van der Waals surface area contributed by atoms with Crippen molar-refractivity contribution in [3.63, 3.8) is 0 Å². The standard InChI is InChI=1S/C17H20ClN3O2.ClH/c1-10-16-14(4-5-19-10)17(21(2)20-16)12-6-11(7-13(18)9-12)8-15(22)23-3;/h6-7,9-10,19H,4-5,8H2,1-3H3;1H. The highest BCUT2D eigenvalue weighted by atomic mass is 35.5. The lowest BCUT2D eigenvalue weighted by Gasteiger charge is -2.19. The summed E-state index contributed by atoms with van der Waals surface area (Å²) in [5.74, 6) is -0.275. The number of carbonyl (C=O) groups is 1. The van der Waals surface area contributed by atoms with Gasteiger partial charge in [-0.3, -0.25) is 9.48 Å². The molecule has 3 rings (SSSR count). The van der Waals surface area contributed by atoms with Crippen LogP contribution < -0.4 is 5.32 Å². The summed E-state index contributed by atoms with van der Waals surface area (Å²) >= 11 is 6.26. The van der Waals surface area contributed by atoms with Crippen LogP contribution in [0.5, 0.6) is 0 Å². The maximum atomic E-state index is 11.5. The van der Waals surface area contributed by atoms with Gasteiger partial charge in [-0.1, -0.05) is 11.6 Å². The van der Waals surface area contributed by atoms with E-state index < -0.39 is 0 Å². The molecular formula is C17H21Cl2N3O2. The predicted octanol–water partition coefficient (Wildman–Crippen LogP) is 3.08. The van der Waals surface area contributed by atoms with E-state index in [-0.39, 0.29) is 30.8 Å². The summed E-state index contributed by atoms with van der Waals surface area (Å²) in [6.07, 6.45) is 1.14. The van der Waals surface area contributed by atoms with Gasteiger partial charge in [-0.2, -0.15) is 5.10 Å². The van der Waals surface area contributed by atoms with Crippen LogP contribution in [0.2, 0.25) is 5.02 Å². The van der Waals surface area contributed by atoms with E-state index in [4.69, 9.17) is 16.3 Å². The average molecular weight is 370 g/mol. The van der Waals surface area contributed by atoms with Crippen molar-refractivity contribution in [2.24, 2.45) is 7.05 Å². The summed E-state index contributed by atoms with van der Waals surface area (Å²) in [5.41, 5.74) is 5.24. The highest BCUT2D eigenvalue weighted by molar-refractivity contribution is 6.31. The normalized spacial score (nSPS) is 16.2. The fourth-order valence-electron chi connectivity index (χ4n) is 3.18. The van der Waals surface area contributed by atoms with Crippen molar-refractivity contribution >= 4 is 30.0 Å². The number of benzene rings is 1. The van der Waals surface area contributed by atoms with E-state index in [9.17, 15) is 4.79 Å². The number of hydrogen-bond donors (Lipinski definition) is 1. The number of carbonyl (C=O) groups excluding carboxylic acids is 1. The van der Waals surface area contributed by atoms with Crippen molar-refractivity contribution in [3.05, 3.63) is 40.0 Å². The number of nitrogens with one attached hydrogen (secondary N) is 1.